The minimum absolute atomic E-state index is 0.135. The van der Waals surface area contributed by atoms with Crippen molar-refractivity contribution >= 4 is 17.3 Å². The van der Waals surface area contributed by atoms with Gasteiger partial charge in [-0.2, -0.15) is 0 Å². The molecule has 1 heterocycles. The summed E-state index contributed by atoms with van der Waals surface area (Å²) < 4.78 is 13.2. The second-order valence-corrected chi connectivity index (χ2v) is 4.39. The van der Waals surface area contributed by atoms with Crippen LogP contribution in [0.3, 0.4) is 0 Å². The molecule has 8 heteroatoms. The minimum Gasteiger partial charge on any atom is -0.367 e. The highest BCUT2D eigenvalue weighted by Crippen LogP contribution is 2.31. The Morgan fingerprint density at radius 3 is 2.81 bits per heavy atom. The van der Waals surface area contributed by atoms with Gasteiger partial charge in [-0.1, -0.05) is 12.1 Å². The number of hydrogen-bond acceptors (Lipinski definition) is 6. The van der Waals surface area contributed by atoms with E-state index >= 15 is 0 Å². The first-order valence-electron chi connectivity index (χ1n) is 6.15. The van der Waals surface area contributed by atoms with Gasteiger partial charge in [-0.3, -0.25) is 10.1 Å². The summed E-state index contributed by atoms with van der Waals surface area (Å²) in [6, 6.07) is 6.05. The highest BCUT2D eigenvalue weighted by Gasteiger charge is 2.24. The Balaban J connectivity index is 2.35. The molecule has 1 N–H and O–H groups in total. The average molecular weight is 291 g/mol. The largest absolute Gasteiger partial charge is 0.367 e. The Labute approximate surface area is 120 Å². The third-order valence-corrected chi connectivity index (χ3v) is 2.89. The van der Waals surface area contributed by atoms with Crippen LogP contribution in [0.1, 0.15) is 5.56 Å². The van der Waals surface area contributed by atoms with Crippen LogP contribution in [-0.2, 0) is 6.54 Å². The predicted molar refractivity (Wildman–Crippen MR) is 76.7 cm³/mol. The molecule has 110 valence electrons. The van der Waals surface area contributed by atoms with Crippen molar-refractivity contribution in [2.24, 2.45) is 0 Å². The topological polar surface area (TPSA) is 84.2 Å². The Morgan fingerprint density at radius 1 is 1.43 bits per heavy atom. The average Bonchev–Trinajstić information content (AvgIpc) is 2.46. The zero-order chi connectivity index (χ0) is 15.4. The molecule has 21 heavy (non-hydrogen) atoms. The van der Waals surface area contributed by atoms with Crippen LogP contribution in [-0.4, -0.2) is 29.0 Å². The van der Waals surface area contributed by atoms with Gasteiger partial charge < -0.3 is 10.2 Å². The van der Waals surface area contributed by atoms with Crippen LogP contribution in [0.25, 0.3) is 0 Å². The molecule has 2 aromatic rings. The van der Waals surface area contributed by atoms with Crippen molar-refractivity contribution < 1.29 is 9.31 Å². The molecule has 0 spiro atoms. The van der Waals surface area contributed by atoms with E-state index in [2.05, 4.69) is 15.3 Å². The van der Waals surface area contributed by atoms with Crippen LogP contribution >= 0.6 is 0 Å². The zero-order valence-corrected chi connectivity index (χ0v) is 11.6. The maximum atomic E-state index is 13.2. The van der Waals surface area contributed by atoms with Crippen LogP contribution in [0.4, 0.5) is 21.7 Å². The molecule has 0 saturated heterocycles. The molecule has 0 fully saturated rings. The highest BCUT2D eigenvalue weighted by atomic mass is 19.1. The van der Waals surface area contributed by atoms with Crippen LogP contribution in [0.2, 0.25) is 0 Å². The lowest BCUT2D eigenvalue weighted by molar-refractivity contribution is -0.383. The van der Waals surface area contributed by atoms with Crippen LogP contribution in [0, 0.1) is 15.9 Å². The Kier molecular flexibility index (Phi) is 4.27. The van der Waals surface area contributed by atoms with Gasteiger partial charge in [0.2, 0.25) is 11.6 Å². The lowest BCUT2D eigenvalue weighted by atomic mass is 10.2. The van der Waals surface area contributed by atoms with Gasteiger partial charge in [0.25, 0.3) is 0 Å². The first-order valence-corrected chi connectivity index (χ1v) is 6.15. The van der Waals surface area contributed by atoms with Gasteiger partial charge in [0.05, 0.1) is 4.92 Å². The second-order valence-electron chi connectivity index (χ2n) is 4.39. The maximum absolute atomic E-state index is 13.2. The summed E-state index contributed by atoms with van der Waals surface area (Å²) in [5, 5.41) is 13.9. The highest BCUT2D eigenvalue weighted by molar-refractivity contribution is 5.69. The summed E-state index contributed by atoms with van der Waals surface area (Å²) in [6.45, 7) is 0.290. The maximum Gasteiger partial charge on any atom is 0.353 e. The summed E-state index contributed by atoms with van der Waals surface area (Å²) in [5.41, 5.74) is 0.482. The van der Waals surface area contributed by atoms with Crippen molar-refractivity contribution in [2.75, 3.05) is 24.3 Å². The molecule has 0 saturated carbocycles. The van der Waals surface area contributed by atoms with E-state index in [1.165, 1.54) is 18.5 Å². The molecular weight excluding hydrogens is 277 g/mol. The molecular formula is C13H14FN5O2. The van der Waals surface area contributed by atoms with Crippen LogP contribution in [0.5, 0.6) is 0 Å². The molecule has 0 aliphatic rings. The smallest absolute Gasteiger partial charge is 0.353 e. The normalized spacial score (nSPS) is 10.2. The SMILES string of the molecule is CNc1ncnc(N(C)Cc2cccc(F)c2)c1[N+](=O)[O-]. The number of aromatic nitrogens is 2. The van der Waals surface area contributed by atoms with E-state index in [0.717, 1.165) is 0 Å². The number of anilines is 2. The number of nitrogens with one attached hydrogen (secondary N) is 1. The minimum atomic E-state index is -0.538. The van der Waals surface area contributed by atoms with Crippen molar-refractivity contribution in [2.45, 2.75) is 6.54 Å². The zero-order valence-electron chi connectivity index (χ0n) is 11.6. The van der Waals surface area contributed by atoms with Gasteiger partial charge in [-0.25, -0.2) is 14.4 Å². The molecule has 0 amide bonds. The van der Waals surface area contributed by atoms with Gasteiger partial charge >= 0.3 is 5.69 Å². The first kappa shape index (κ1) is 14.6. The molecule has 1 aromatic carbocycles. The summed E-state index contributed by atoms with van der Waals surface area (Å²) in [4.78, 5) is 20.1. The fourth-order valence-electron chi connectivity index (χ4n) is 1.98. The fraction of sp³-hybridized carbons (Fsp3) is 0.231. The van der Waals surface area contributed by atoms with E-state index < -0.39 is 4.92 Å². The lowest BCUT2D eigenvalue weighted by Crippen LogP contribution is -2.20. The molecule has 1 aromatic heterocycles. The quantitative estimate of drug-likeness (QED) is 0.671. The molecule has 0 aliphatic heterocycles. The van der Waals surface area contributed by atoms with Gasteiger partial charge in [0.1, 0.15) is 12.1 Å². The van der Waals surface area contributed by atoms with Crippen molar-refractivity contribution in [3.8, 4) is 0 Å². The number of nitrogens with zero attached hydrogens (tertiary/aromatic N) is 4. The predicted octanol–water partition coefficient (Wildman–Crippen LogP) is 2.20. The summed E-state index contributed by atoms with van der Waals surface area (Å²) in [7, 11) is 3.20. The molecule has 0 atom stereocenters. The Morgan fingerprint density at radius 2 is 2.19 bits per heavy atom. The summed E-state index contributed by atoms with van der Waals surface area (Å²) in [5.74, 6) is -0.0475. The number of hydrogen-bond donors (Lipinski definition) is 1. The van der Waals surface area contributed by atoms with Crippen molar-refractivity contribution in [3.63, 3.8) is 0 Å². The molecule has 0 bridgehead atoms. The molecule has 2 rings (SSSR count). The van der Waals surface area contributed by atoms with E-state index in [0.29, 0.717) is 12.1 Å². The van der Waals surface area contributed by atoms with E-state index in [1.807, 2.05) is 0 Å². The lowest BCUT2D eigenvalue weighted by Gasteiger charge is -2.18. The Bertz CT molecular complexity index is 665. The van der Waals surface area contributed by atoms with E-state index in [9.17, 15) is 14.5 Å². The first-order chi connectivity index (χ1) is 10.0. The number of nitro groups is 1. The second kappa shape index (κ2) is 6.12. The number of benzene rings is 1. The van der Waals surface area contributed by atoms with E-state index in [-0.39, 0.29) is 23.1 Å². The van der Waals surface area contributed by atoms with E-state index in [1.54, 1.807) is 31.1 Å². The van der Waals surface area contributed by atoms with Gasteiger partial charge in [-0.05, 0) is 17.7 Å². The van der Waals surface area contributed by atoms with E-state index in [4.69, 9.17) is 0 Å². The van der Waals surface area contributed by atoms with Crippen LogP contribution < -0.4 is 10.2 Å². The third kappa shape index (κ3) is 3.22. The van der Waals surface area contributed by atoms with Crippen LogP contribution in [0.15, 0.2) is 30.6 Å². The summed E-state index contributed by atoms with van der Waals surface area (Å²) >= 11 is 0. The van der Waals surface area contributed by atoms with Crippen molar-refractivity contribution in [1.29, 1.82) is 0 Å². The standard InChI is InChI=1S/C13H14FN5O2/c1-15-12-11(19(20)21)13(17-8-16-12)18(2)7-9-4-3-5-10(14)6-9/h3-6,8H,7H2,1-2H3,(H,15,16,17). The number of halogens is 1. The third-order valence-electron chi connectivity index (χ3n) is 2.89. The Hall–Kier alpha value is -2.77. The number of rotatable bonds is 5. The van der Waals surface area contributed by atoms with Gasteiger partial charge in [0.15, 0.2) is 0 Å². The molecule has 0 aliphatic carbocycles. The fourth-order valence-corrected chi connectivity index (χ4v) is 1.98. The molecule has 0 radical (unpaired) electrons. The monoisotopic (exact) mass is 291 g/mol. The molecule has 7 nitrogen and oxygen atoms in total. The van der Waals surface area contributed by atoms with Crippen molar-refractivity contribution in [1.82, 2.24) is 9.97 Å². The molecule has 0 unspecified atom stereocenters. The van der Waals surface area contributed by atoms with Crippen molar-refractivity contribution in [3.05, 3.63) is 52.1 Å². The van der Waals surface area contributed by atoms with Gasteiger partial charge in [-0.15, -0.1) is 0 Å². The van der Waals surface area contributed by atoms with Gasteiger partial charge in [0, 0.05) is 20.6 Å². The summed E-state index contributed by atoms with van der Waals surface area (Å²) in [6.07, 6.45) is 1.25.